The minimum atomic E-state index is -0.874. The molecule has 82 valence electrons. The van der Waals surface area contributed by atoms with Crippen LogP contribution in [0, 0.1) is 0 Å². The molecule has 0 saturated heterocycles. The highest BCUT2D eigenvalue weighted by Crippen LogP contribution is 2.20. The van der Waals surface area contributed by atoms with Crippen LogP contribution >= 0.6 is 0 Å². The standard InChI is InChI=1S/C13H13NO2/c14-12(8-13(15)16)11-6-5-9-3-1-2-4-10(9)7-11/h1-7,12H,8,14H2,(H,15,16)/t12-/m0/s1. The SMILES string of the molecule is N[C@@H](CC(=O)O)c1ccc2ccccc2c1. The van der Waals surface area contributed by atoms with Crippen LogP contribution in [0.2, 0.25) is 0 Å². The van der Waals surface area contributed by atoms with Crippen LogP contribution in [0.15, 0.2) is 42.5 Å². The fraction of sp³-hybridized carbons (Fsp3) is 0.154. The Labute approximate surface area is 93.5 Å². The van der Waals surface area contributed by atoms with E-state index in [0.717, 1.165) is 16.3 Å². The van der Waals surface area contributed by atoms with Gasteiger partial charge in [0.25, 0.3) is 0 Å². The molecule has 3 N–H and O–H groups in total. The number of carboxylic acid groups (broad SMARTS) is 1. The first-order valence-corrected chi connectivity index (χ1v) is 5.13. The van der Waals surface area contributed by atoms with Gasteiger partial charge in [-0.15, -0.1) is 0 Å². The van der Waals surface area contributed by atoms with Crippen molar-refractivity contribution in [2.45, 2.75) is 12.5 Å². The maximum Gasteiger partial charge on any atom is 0.305 e. The molecule has 16 heavy (non-hydrogen) atoms. The van der Waals surface area contributed by atoms with E-state index < -0.39 is 12.0 Å². The van der Waals surface area contributed by atoms with Crippen LogP contribution in [0.25, 0.3) is 10.8 Å². The molecule has 0 aliphatic rings. The third kappa shape index (κ3) is 2.20. The van der Waals surface area contributed by atoms with Gasteiger partial charge in [0.05, 0.1) is 6.42 Å². The van der Waals surface area contributed by atoms with Crippen LogP contribution in [0.3, 0.4) is 0 Å². The maximum absolute atomic E-state index is 10.6. The number of nitrogens with two attached hydrogens (primary N) is 1. The van der Waals surface area contributed by atoms with Gasteiger partial charge in [-0.25, -0.2) is 0 Å². The maximum atomic E-state index is 10.6. The van der Waals surface area contributed by atoms with Crippen molar-refractivity contribution in [3.05, 3.63) is 48.0 Å². The molecular weight excluding hydrogens is 202 g/mol. The van der Waals surface area contributed by atoms with Crippen molar-refractivity contribution in [2.24, 2.45) is 5.73 Å². The number of hydrogen-bond acceptors (Lipinski definition) is 2. The summed E-state index contributed by atoms with van der Waals surface area (Å²) >= 11 is 0. The van der Waals surface area contributed by atoms with E-state index in [9.17, 15) is 4.79 Å². The molecule has 3 nitrogen and oxygen atoms in total. The molecule has 0 aliphatic carbocycles. The number of hydrogen-bond donors (Lipinski definition) is 2. The Balaban J connectivity index is 2.35. The summed E-state index contributed by atoms with van der Waals surface area (Å²) in [5.74, 6) is -0.874. The van der Waals surface area contributed by atoms with Gasteiger partial charge in [0.1, 0.15) is 0 Å². The molecule has 0 aliphatic heterocycles. The smallest absolute Gasteiger partial charge is 0.305 e. The zero-order valence-electron chi connectivity index (χ0n) is 8.76. The van der Waals surface area contributed by atoms with Crippen molar-refractivity contribution >= 4 is 16.7 Å². The molecule has 2 rings (SSSR count). The summed E-state index contributed by atoms with van der Waals surface area (Å²) in [6.45, 7) is 0. The van der Waals surface area contributed by atoms with Gasteiger partial charge in [-0.1, -0.05) is 36.4 Å². The lowest BCUT2D eigenvalue weighted by Gasteiger charge is -2.10. The van der Waals surface area contributed by atoms with Gasteiger partial charge < -0.3 is 10.8 Å². The summed E-state index contributed by atoms with van der Waals surface area (Å²) in [7, 11) is 0. The molecule has 1 atom stereocenters. The molecule has 0 aromatic heterocycles. The monoisotopic (exact) mass is 215 g/mol. The molecule has 0 fully saturated rings. The van der Waals surface area contributed by atoms with Crippen molar-refractivity contribution in [1.29, 1.82) is 0 Å². The average Bonchev–Trinajstić information content (AvgIpc) is 2.27. The Morgan fingerprint density at radius 3 is 2.56 bits per heavy atom. The van der Waals surface area contributed by atoms with Crippen LogP contribution in [0.1, 0.15) is 18.0 Å². The Bertz CT molecular complexity index is 522. The van der Waals surface area contributed by atoms with Crippen molar-refractivity contribution in [1.82, 2.24) is 0 Å². The number of fused-ring (bicyclic) bond motifs is 1. The lowest BCUT2D eigenvalue weighted by Crippen LogP contribution is -2.14. The van der Waals surface area contributed by atoms with E-state index in [0.29, 0.717) is 0 Å². The molecule has 0 radical (unpaired) electrons. The Hall–Kier alpha value is -1.87. The molecule has 0 unspecified atom stereocenters. The van der Waals surface area contributed by atoms with Crippen LogP contribution in [0.4, 0.5) is 0 Å². The normalized spacial score (nSPS) is 12.6. The highest BCUT2D eigenvalue weighted by molar-refractivity contribution is 5.83. The van der Waals surface area contributed by atoms with E-state index >= 15 is 0 Å². The van der Waals surface area contributed by atoms with E-state index in [2.05, 4.69) is 0 Å². The molecule has 0 spiro atoms. The second kappa shape index (κ2) is 4.33. The third-order valence-electron chi connectivity index (χ3n) is 2.60. The lowest BCUT2D eigenvalue weighted by molar-refractivity contribution is -0.137. The molecule has 0 heterocycles. The molecule has 2 aromatic carbocycles. The Morgan fingerprint density at radius 2 is 1.88 bits per heavy atom. The first kappa shape index (κ1) is 10.6. The van der Waals surface area contributed by atoms with Gasteiger partial charge in [0.2, 0.25) is 0 Å². The quantitative estimate of drug-likeness (QED) is 0.825. The number of rotatable bonds is 3. The second-order valence-electron chi connectivity index (χ2n) is 3.81. The van der Waals surface area contributed by atoms with Gasteiger partial charge in [0.15, 0.2) is 0 Å². The van der Waals surface area contributed by atoms with E-state index in [-0.39, 0.29) is 6.42 Å². The predicted octanol–water partition coefficient (Wildman–Crippen LogP) is 2.31. The fourth-order valence-corrected chi connectivity index (χ4v) is 1.74. The third-order valence-corrected chi connectivity index (χ3v) is 2.60. The van der Waals surface area contributed by atoms with E-state index in [1.54, 1.807) is 0 Å². The fourth-order valence-electron chi connectivity index (χ4n) is 1.74. The van der Waals surface area contributed by atoms with Gasteiger partial charge in [0, 0.05) is 6.04 Å². The Kier molecular flexibility index (Phi) is 2.88. The summed E-state index contributed by atoms with van der Waals surface area (Å²) < 4.78 is 0. The first-order valence-electron chi connectivity index (χ1n) is 5.13. The highest BCUT2D eigenvalue weighted by Gasteiger charge is 2.10. The van der Waals surface area contributed by atoms with Crippen molar-refractivity contribution < 1.29 is 9.90 Å². The van der Waals surface area contributed by atoms with Gasteiger partial charge in [-0.05, 0) is 22.4 Å². The molecule has 2 aromatic rings. The van der Waals surface area contributed by atoms with E-state index in [1.165, 1.54) is 0 Å². The summed E-state index contributed by atoms with van der Waals surface area (Å²) in [4.78, 5) is 10.6. The molecule has 3 heteroatoms. The topological polar surface area (TPSA) is 63.3 Å². The van der Waals surface area contributed by atoms with Crippen LogP contribution < -0.4 is 5.73 Å². The minimum absolute atomic E-state index is 0.0433. The second-order valence-corrected chi connectivity index (χ2v) is 3.81. The highest BCUT2D eigenvalue weighted by atomic mass is 16.4. The summed E-state index contributed by atoms with van der Waals surface area (Å²) in [5, 5.41) is 10.9. The van der Waals surface area contributed by atoms with Crippen molar-refractivity contribution in [3.8, 4) is 0 Å². The van der Waals surface area contributed by atoms with Crippen molar-refractivity contribution in [2.75, 3.05) is 0 Å². The predicted molar refractivity (Wildman–Crippen MR) is 63.1 cm³/mol. The first-order chi connectivity index (χ1) is 7.66. The van der Waals surface area contributed by atoms with Crippen molar-refractivity contribution in [3.63, 3.8) is 0 Å². The number of benzene rings is 2. The van der Waals surface area contributed by atoms with Gasteiger partial charge >= 0.3 is 5.97 Å². The summed E-state index contributed by atoms with van der Waals surface area (Å²) in [6.07, 6.45) is -0.0433. The minimum Gasteiger partial charge on any atom is -0.481 e. The number of carbonyl (C=O) groups is 1. The van der Waals surface area contributed by atoms with E-state index in [4.69, 9.17) is 10.8 Å². The molecular formula is C13H13NO2. The zero-order valence-corrected chi connectivity index (χ0v) is 8.76. The van der Waals surface area contributed by atoms with E-state index in [1.807, 2.05) is 42.5 Å². The molecule has 0 saturated carbocycles. The number of aliphatic carboxylic acids is 1. The average molecular weight is 215 g/mol. The number of carboxylic acids is 1. The zero-order chi connectivity index (χ0) is 11.5. The summed E-state index contributed by atoms with van der Waals surface area (Å²) in [6, 6.07) is 13.3. The summed E-state index contributed by atoms with van der Waals surface area (Å²) in [5.41, 5.74) is 6.67. The van der Waals surface area contributed by atoms with Crippen LogP contribution in [-0.4, -0.2) is 11.1 Å². The van der Waals surface area contributed by atoms with Gasteiger partial charge in [-0.3, -0.25) is 4.79 Å². The van der Waals surface area contributed by atoms with Gasteiger partial charge in [-0.2, -0.15) is 0 Å². The molecule has 0 amide bonds. The van der Waals surface area contributed by atoms with Crippen LogP contribution in [-0.2, 0) is 4.79 Å². The van der Waals surface area contributed by atoms with Crippen LogP contribution in [0.5, 0.6) is 0 Å². The molecule has 0 bridgehead atoms. The Morgan fingerprint density at radius 1 is 1.19 bits per heavy atom. The lowest BCUT2D eigenvalue weighted by atomic mass is 10.0. The largest absolute Gasteiger partial charge is 0.481 e.